The van der Waals surface area contributed by atoms with Crippen molar-refractivity contribution in [3.8, 4) is 5.75 Å². The summed E-state index contributed by atoms with van der Waals surface area (Å²) >= 11 is 0. The lowest BCUT2D eigenvalue weighted by molar-refractivity contribution is -0.135. The van der Waals surface area contributed by atoms with E-state index in [1.165, 1.54) is 6.07 Å². The third-order valence-corrected chi connectivity index (χ3v) is 4.43. The van der Waals surface area contributed by atoms with Crippen molar-refractivity contribution in [2.75, 3.05) is 13.2 Å². The molecule has 1 atom stereocenters. The molecule has 0 aliphatic carbocycles. The highest BCUT2D eigenvalue weighted by Gasteiger charge is 2.29. The Hall–Kier alpha value is -2.37. The summed E-state index contributed by atoms with van der Waals surface area (Å²) in [6, 6.07) is 6.28. The summed E-state index contributed by atoms with van der Waals surface area (Å²) in [7, 11) is 0. The molecule has 1 fully saturated rings. The first-order valence-electron chi connectivity index (χ1n) is 8.33. The van der Waals surface area contributed by atoms with Crippen LogP contribution in [0.5, 0.6) is 5.75 Å². The van der Waals surface area contributed by atoms with Crippen molar-refractivity contribution in [3.05, 3.63) is 47.5 Å². The quantitative estimate of drug-likeness (QED) is 0.914. The number of aromatic nitrogens is 2. The average molecular weight is 331 g/mol. The molecule has 2 aromatic rings. The summed E-state index contributed by atoms with van der Waals surface area (Å²) < 4.78 is 18.9. The Kier molecular flexibility index (Phi) is 5.13. The third kappa shape index (κ3) is 3.58. The molecule has 5 nitrogen and oxygen atoms in total. The van der Waals surface area contributed by atoms with Crippen molar-refractivity contribution in [3.63, 3.8) is 0 Å². The van der Waals surface area contributed by atoms with Gasteiger partial charge in [-0.1, -0.05) is 12.1 Å². The van der Waals surface area contributed by atoms with Crippen LogP contribution in [0.3, 0.4) is 0 Å². The fourth-order valence-electron chi connectivity index (χ4n) is 3.18. The number of benzene rings is 1. The first kappa shape index (κ1) is 16.5. The number of rotatable bonds is 5. The van der Waals surface area contributed by atoms with E-state index in [-0.39, 0.29) is 30.7 Å². The number of hydrogen-bond donors (Lipinski definition) is 1. The molecule has 0 saturated carbocycles. The maximum Gasteiger partial charge on any atom is 0.226 e. The van der Waals surface area contributed by atoms with Crippen LogP contribution >= 0.6 is 0 Å². The normalized spacial score (nSPS) is 17.8. The van der Waals surface area contributed by atoms with Crippen LogP contribution in [0.1, 0.15) is 43.0 Å². The largest absolute Gasteiger partial charge is 0.490 e. The van der Waals surface area contributed by atoms with Crippen LogP contribution in [0.25, 0.3) is 0 Å². The number of amides is 1. The number of hydrogen-bond acceptors (Lipinski definition) is 3. The zero-order valence-electron chi connectivity index (χ0n) is 13.8. The second-order valence-corrected chi connectivity index (χ2v) is 6.09. The topological polar surface area (TPSA) is 58.2 Å². The molecule has 3 rings (SSSR count). The molecule has 24 heavy (non-hydrogen) atoms. The predicted molar refractivity (Wildman–Crippen MR) is 88.1 cm³/mol. The van der Waals surface area contributed by atoms with Gasteiger partial charge in [0, 0.05) is 6.54 Å². The molecule has 2 heterocycles. The van der Waals surface area contributed by atoms with Crippen LogP contribution in [0.2, 0.25) is 0 Å². The van der Waals surface area contributed by atoms with Crippen molar-refractivity contribution in [1.82, 2.24) is 15.1 Å². The highest BCUT2D eigenvalue weighted by Crippen LogP contribution is 2.31. The molecule has 1 unspecified atom stereocenters. The van der Waals surface area contributed by atoms with E-state index in [0.717, 1.165) is 37.1 Å². The van der Waals surface area contributed by atoms with Gasteiger partial charge in [-0.25, -0.2) is 4.39 Å². The van der Waals surface area contributed by atoms with Crippen molar-refractivity contribution in [2.45, 2.75) is 38.6 Å². The Bertz CT molecular complexity index is 701. The van der Waals surface area contributed by atoms with Gasteiger partial charge in [0.05, 0.1) is 31.0 Å². The van der Waals surface area contributed by atoms with E-state index in [1.807, 2.05) is 11.8 Å². The van der Waals surface area contributed by atoms with Gasteiger partial charge >= 0.3 is 0 Å². The van der Waals surface area contributed by atoms with Crippen LogP contribution in [0, 0.1) is 12.7 Å². The van der Waals surface area contributed by atoms with Gasteiger partial charge in [0.2, 0.25) is 5.91 Å². The smallest absolute Gasteiger partial charge is 0.226 e. The van der Waals surface area contributed by atoms with Gasteiger partial charge in [-0.2, -0.15) is 5.10 Å². The minimum absolute atomic E-state index is 0.0324. The molecule has 1 aliphatic rings. The molecule has 1 N–H and O–H groups in total. The Morgan fingerprint density at radius 2 is 2.25 bits per heavy atom. The number of aryl methyl sites for hydroxylation is 1. The Labute approximate surface area is 140 Å². The molecular formula is C18H22FN3O2. The summed E-state index contributed by atoms with van der Waals surface area (Å²) in [5, 5.41) is 7.10. The number of halogens is 1. The standard InChI is InChI=1S/C18H22FN3O2/c1-13-12-20-21-18(13)15-7-4-5-10-22(15)17(23)9-11-24-16-8-3-2-6-14(16)19/h2-3,6,8,12,15H,4-5,7,9-11H2,1H3,(H,20,21). The average Bonchev–Trinajstić information content (AvgIpc) is 3.02. The van der Waals surface area contributed by atoms with E-state index in [0.29, 0.717) is 0 Å². The Morgan fingerprint density at radius 3 is 3.00 bits per heavy atom. The van der Waals surface area contributed by atoms with E-state index in [9.17, 15) is 9.18 Å². The van der Waals surface area contributed by atoms with Crippen LogP contribution in [-0.2, 0) is 4.79 Å². The van der Waals surface area contributed by atoms with Gasteiger partial charge in [-0.3, -0.25) is 9.89 Å². The summed E-state index contributed by atoms with van der Waals surface area (Å²) in [5.74, 6) is -0.191. The number of carbonyl (C=O) groups is 1. The number of para-hydroxylation sites is 1. The molecule has 1 saturated heterocycles. The molecule has 128 valence electrons. The van der Waals surface area contributed by atoms with Gasteiger partial charge < -0.3 is 9.64 Å². The predicted octanol–water partition coefficient (Wildman–Crippen LogP) is 3.38. The van der Waals surface area contributed by atoms with Crippen molar-refractivity contribution in [1.29, 1.82) is 0 Å². The molecule has 0 spiro atoms. The maximum atomic E-state index is 13.5. The van der Waals surface area contributed by atoms with E-state index < -0.39 is 5.82 Å². The summed E-state index contributed by atoms with van der Waals surface area (Å²) in [6.45, 7) is 2.91. The Morgan fingerprint density at radius 1 is 1.42 bits per heavy atom. The number of nitrogens with zero attached hydrogens (tertiary/aromatic N) is 2. The maximum absolute atomic E-state index is 13.5. The minimum atomic E-state index is -0.408. The monoisotopic (exact) mass is 331 g/mol. The van der Waals surface area contributed by atoms with Crippen molar-refractivity contribution >= 4 is 5.91 Å². The van der Waals surface area contributed by atoms with E-state index in [2.05, 4.69) is 10.2 Å². The van der Waals surface area contributed by atoms with Gasteiger partial charge in [0.15, 0.2) is 11.6 Å². The van der Waals surface area contributed by atoms with E-state index in [1.54, 1.807) is 24.4 Å². The number of aromatic amines is 1. The number of likely N-dealkylation sites (tertiary alicyclic amines) is 1. The zero-order valence-corrected chi connectivity index (χ0v) is 13.8. The Balaban J connectivity index is 1.60. The molecule has 1 aromatic heterocycles. The fraction of sp³-hybridized carbons (Fsp3) is 0.444. The van der Waals surface area contributed by atoms with E-state index in [4.69, 9.17) is 4.74 Å². The molecular weight excluding hydrogens is 309 g/mol. The molecule has 6 heteroatoms. The van der Waals surface area contributed by atoms with Crippen molar-refractivity contribution in [2.24, 2.45) is 0 Å². The summed E-state index contributed by atoms with van der Waals surface area (Å²) in [5.41, 5.74) is 2.08. The highest BCUT2D eigenvalue weighted by atomic mass is 19.1. The molecule has 1 amide bonds. The van der Waals surface area contributed by atoms with Gasteiger partial charge in [0.25, 0.3) is 0 Å². The van der Waals surface area contributed by atoms with Crippen LogP contribution < -0.4 is 4.74 Å². The minimum Gasteiger partial charge on any atom is -0.490 e. The molecule has 0 bridgehead atoms. The number of H-pyrrole nitrogens is 1. The number of piperidine rings is 1. The van der Waals surface area contributed by atoms with Gasteiger partial charge in [-0.15, -0.1) is 0 Å². The molecule has 0 radical (unpaired) electrons. The lowest BCUT2D eigenvalue weighted by Gasteiger charge is -2.35. The number of nitrogens with one attached hydrogen (secondary N) is 1. The SMILES string of the molecule is Cc1cn[nH]c1C1CCCCN1C(=O)CCOc1ccccc1F. The summed E-state index contributed by atoms with van der Waals surface area (Å²) in [4.78, 5) is 14.5. The lowest BCUT2D eigenvalue weighted by Crippen LogP contribution is -2.39. The first-order valence-corrected chi connectivity index (χ1v) is 8.33. The zero-order chi connectivity index (χ0) is 16.9. The van der Waals surface area contributed by atoms with Gasteiger partial charge in [-0.05, 0) is 43.9 Å². The fourth-order valence-corrected chi connectivity index (χ4v) is 3.18. The second kappa shape index (κ2) is 7.47. The number of ether oxygens (including phenoxy) is 1. The molecule has 1 aliphatic heterocycles. The highest BCUT2D eigenvalue weighted by molar-refractivity contribution is 5.77. The third-order valence-electron chi connectivity index (χ3n) is 4.43. The lowest BCUT2D eigenvalue weighted by atomic mass is 9.97. The first-order chi connectivity index (χ1) is 11.7. The van der Waals surface area contributed by atoms with E-state index >= 15 is 0 Å². The van der Waals surface area contributed by atoms with Crippen LogP contribution in [0.4, 0.5) is 4.39 Å². The summed E-state index contributed by atoms with van der Waals surface area (Å²) in [6.07, 6.45) is 5.05. The molecule has 1 aromatic carbocycles. The van der Waals surface area contributed by atoms with Gasteiger partial charge in [0.1, 0.15) is 0 Å². The second-order valence-electron chi connectivity index (χ2n) is 6.09. The van der Waals surface area contributed by atoms with Crippen LogP contribution in [-0.4, -0.2) is 34.2 Å². The van der Waals surface area contributed by atoms with Crippen molar-refractivity contribution < 1.29 is 13.9 Å². The number of carbonyl (C=O) groups excluding carboxylic acids is 1. The van der Waals surface area contributed by atoms with Crippen LogP contribution in [0.15, 0.2) is 30.5 Å².